The molecular formula is C23H47BO6P. The molecule has 1 heterocycles. The number of hydrogen-bond acceptors (Lipinski definition) is 5. The van der Waals surface area contributed by atoms with Gasteiger partial charge in [-0.2, -0.15) is 0 Å². The topological polar surface area (TPSA) is 74.2 Å². The van der Waals surface area contributed by atoms with E-state index in [1.165, 1.54) is 51.4 Å². The van der Waals surface area contributed by atoms with Gasteiger partial charge in [0.1, 0.15) is 13.4 Å². The van der Waals surface area contributed by atoms with Crippen molar-refractivity contribution in [2.24, 2.45) is 5.92 Å². The summed E-state index contributed by atoms with van der Waals surface area (Å²) in [6.45, 7) is 11.9. The largest absolute Gasteiger partial charge is 0.472 e. The van der Waals surface area contributed by atoms with Crippen molar-refractivity contribution in [2.45, 2.75) is 136 Å². The zero-order valence-corrected chi connectivity index (χ0v) is 21.6. The van der Waals surface area contributed by atoms with Gasteiger partial charge in [0.15, 0.2) is 0 Å². The first kappa shape index (κ1) is 29.1. The predicted molar refractivity (Wildman–Crippen MR) is 128 cm³/mol. The minimum Gasteiger partial charge on any atom is -0.379 e. The maximum atomic E-state index is 12.0. The van der Waals surface area contributed by atoms with Crippen LogP contribution in [0.5, 0.6) is 0 Å². The van der Waals surface area contributed by atoms with E-state index in [1.807, 2.05) is 13.8 Å². The van der Waals surface area contributed by atoms with Crippen molar-refractivity contribution in [3.05, 3.63) is 0 Å². The Morgan fingerprint density at radius 2 is 1.65 bits per heavy atom. The Labute approximate surface area is 192 Å². The third kappa shape index (κ3) is 13.4. The van der Waals surface area contributed by atoms with Gasteiger partial charge in [0.25, 0.3) is 0 Å². The molecule has 0 aromatic carbocycles. The molecule has 1 rings (SSSR count). The van der Waals surface area contributed by atoms with Gasteiger partial charge in [-0.15, -0.1) is 0 Å². The molecule has 0 aromatic heterocycles. The second-order valence-corrected chi connectivity index (χ2v) is 10.8. The van der Waals surface area contributed by atoms with Crippen LogP contribution in [0.3, 0.4) is 0 Å². The van der Waals surface area contributed by atoms with E-state index in [4.69, 9.17) is 18.5 Å². The summed E-state index contributed by atoms with van der Waals surface area (Å²) in [5.41, 5.74) is 0. The SMILES string of the molecule is CCCCC(CCCC)CCC[B][C@H]1C[C@H](OC(C)C)[C@@H](COP(=O)(O)OC(C)C)O1. The number of ether oxygens (including phenoxy) is 2. The van der Waals surface area contributed by atoms with Gasteiger partial charge in [-0.25, -0.2) is 4.57 Å². The molecule has 1 aliphatic rings. The first-order valence-corrected chi connectivity index (χ1v) is 14.0. The fourth-order valence-corrected chi connectivity index (χ4v) is 5.06. The molecule has 31 heavy (non-hydrogen) atoms. The molecule has 0 spiro atoms. The highest BCUT2D eigenvalue weighted by molar-refractivity contribution is 7.47. The molecule has 0 amide bonds. The van der Waals surface area contributed by atoms with Crippen molar-refractivity contribution < 1.29 is 28.0 Å². The van der Waals surface area contributed by atoms with Crippen LogP contribution in [0.25, 0.3) is 0 Å². The number of unbranched alkanes of at least 4 members (excludes halogenated alkanes) is 2. The lowest BCUT2D eigenvalue weighted by atomic mass is 9.65. The third-order valence-corrected chi connectivity index (χ3v) is 6.76. The Morgan fingerprint density at radius 1 is 1.03 bits per heavy atom. The third-order valence-electron chi connectivity index (χ3n) is 5.60. The van der Waals surface area contributed by atoms with E-state index in [1.54, 1.807) is 13.8 Å². The van der Waals surface area contributed by atoms with Crippen LogP contribution in [0.1, 0.15) is 99.3 Å². The molecule has 183 valence electrons. The fourth-order valence-electron chi connectivity index (χ4n) is 4.13. The minimum absolute atomic E-state index is 0.00817. The Bertz CT molecular complexity index is 496. The molecule has 1 unspecified atom stereocenters. The summed E-state index contributed by atoms with van der Waals surface area (Å²) in [6.07, 6.45) is 11.3. The van der Waals surface area contributed by atoms with Gasteiger partial charge in [0.05, 0.1) is 24.9 Å². The van der Waals surface area contributed by atoms with E-state index in [0.717, 1.165) is 18.7 Å². The van der Waals surface area contributed by atoms with Gasteiger partial charge in [-0.05, 0) is 40.0 Å². The molecule has 1 saturated heterocycles. The van der Waals surface area contributed by atoms with Crippen molar-refractivity contribution >= 4 is 15.1 Å². The van der Waals surface area contributed by atoms with E-state index < -0.39 is 7.82 Å². The molecule has 8 heteroatoms. The van der Waals surface area contributed by atoms with Crippen LogP contribution in [0.4, 0.5) is 0 Å². The van der Waals surface area contributed by atoms with Crippen LogP contribution in [-0.2, 0) is 23.1 Å². The predicted octanol–water partition coefficient (Wildman–Crippen LogP) is 6.34. The summed E-state index contributed by atoms with van der Waals surface area (Å²) >= 11 is 0. The fraction of sp³-hybridized carbons (Fsp3) is 1.00. The van der Waals surface area contributed by atoms with Crippen LogP contribution >= 0.6 is 7.82 Å². The van der Waals surface area contributed by atoms with E-state index in [0.29, 0.717) is 0 Å². The minimum atomic E-state index is -4.08. The number of phosphoric ester groups is 1. The van der Waals surface area contributed by atoms with Crippen molar-refractivity contribution in [3.63, 3.8) is 0 Å². The van der Waals surface area contributed by atoms with Crippen molar-refractivity contribution in [1.29, 1.82) is 0 Å². The first-order valence-electron chi connectivity index (χ1n) is 12.5. The number of rotatable bonds is 18. The molecule has 0 bridgehead atoms. The van der Waals surface area contributed by atoms with E-state index in [9.17, 15) is 9.46 Å². The van der Waals surface area contributed by atoms with Crippen LogP contribution < -0.4 is 0 Å². The highest BCUT2D eigenvalue weighted by Gasteiger charge is 2.38. The monoisotopic (exact) mass is 461 g/mol. The van der Waals surface area contributed by atoms with Crippen molar-refractivity contribution in [2.75, 3.05) is 6.61 Å². The molecule has 1 aliphatic heterocycles. The molecule has 6 nitrogen and oxygen atoms in total. The molecule has 0 saturated carbocycles. The summed E-state index contributed by atoms with van der Waals surface area (Å²) in [7, 11) is -1.84. The summed E-state index contributed by atoms with van der Waals surface area (Å²) in [6, 6.07) is -0.00817. The Morgan fingerprint density at radius 3 is 2.19 bits per heavy atom. The smallest absolute Gasteiger partial charge is 0.379 e. The normalized spacial score (nSPS) is 23.7. The lowest BCUT2D eigenvalue weighted by molar-refractivity contribution is -0.0590. The Kier molecular flexibility index (Phi) is 14.9. The maximum absolute atomic E-state index is 12.0. The van der Waals surface area contributed by atoms with Crippen LogP contribution in [-0.4, -0.2) is 49.2 Å². The van der Waals surface area contributed by atoms with Gasteiger partial charge >= 0.3 is 7.82 Å². The second kappa shape index (κ2) is 15.8. The molecule has 1 fully saturated rings. The lowest BCUT2D eigenvalue weighted by Gasteiger charge is -2.22. The second-order valence-electron chi connectivity index (χ2n) is 9.41. The molecular weight excluding hydrogens is 414 g/mol. The highest BCUT2D eigenvalue weighted by atomic mass is 31.2. The Hall–Kier alpha value is 0.0949. The highest BCUT2D eigenvalue weighted by Crippen LogP contribution is 2.45. The number of hydrogen-bond donors (Lipinski definition) is 1. The molecule has 1 radical (unpaired) electrons. The maximum Gasteiger partial charge on any atom is 0.472 e. The quantitative estimate of drug-likeness (QED) is 0.146. The zero-order valence-electron chi connectivity index (χ0n) is 20.8. The molecule has 4 atom stereocenters. The Balaban J connectivity index is 2.46. The van der Waals surface area contributed by atoms with Gasteiger partial charge in [-0.1, -0.05) is 71.5 Å². The van der Waals surface area contributed by atoms with Crippen LogP contribution in [0.2, 0.25) is 6.32 Å². The average Bonchev–Trinajstić information content (AvgIpc) is 3.05. The van der Waals surface area contributed by atoms with Gasteiger partial charge in [0.2, 0.25) is 0 Å². The van der Waals surface area contributed by atoms with E-state index in [-0.39, 0.29) is 37.0 Å². The summed E-state index contributed by atoms with van der Waals surface area (Å²) in [5.74, 6) is 0.843. The average molecular weight is 461 g/mol. The zero-order chi connectivity index (χ0) is 23.3. The van der Waals surface area contributed by atoms with E-state index >= 15 is 0 Å². The van der Waals surface area contributed by atoms with Crippen molar-refractivity contribution in [1.82, 2.24) is 0 Å². The first-order chi connectivity index (χ1) is 14.7. The summed E-state index contributed by atoms with van der Waals surface area (Å²) in [5, 5.41) is 0. The van der Waals surface area contributed by atoms with Crippen LogP contribution in [0, 0.1) is 5.92 Å². The molecule has 0 aliphatic carbocycles. The van der Waals surface area contributed by atoms with Gasteiger partial charge < -0.3 is 14.4 Å². The standard InChI is InChI=1S/C23H47BO6P/c1-7-9-12-20(13-10-8-2)14-11-15-24-23-16-21(28-18(3)4)22(29-23)17-27-31(25,26)30-19(5)6/h18-23H,7-17H2,1-6H3,(H,25,26)/t21-,22+,23+/m0/s1. The lowest BCUT2D eigenvalue weighted by Crippen LogP contribution is -2.31. The van der Waals surface area contributed by atoms with Gasteiger partial charge in [-0.3, -0.25) is 9.05 Å². The van der Waals surface area contributed by atoms with Gasteiger partial charge in [0, 0.05) is 6.00 Å². The van der Waals surface area contributed by atoms with E-state index in [2.05, 4.69) is 21.1 Å². The summed E-state index contributed by atoms with van der Waals surface area (Å²) in [4.78, 5) is 9.83. The number of phosphoric acid groups is 1. The van der Waals surface area contributed by atoms with Crippen LogP contribution in [0.15, 0.2) is 0 Å². The summed E-state index contributed by atoms with van der Waals surface area (Å²) < 4.78 is 34.3. The molecule has 0 aromatic rings. The molecule has 1 N–H and O–H groups in total. The van der Waals surface area contributed by atoms with Crippen molar-refractivity contribution in [3.8, 4) is 0 Å².